The number of nitrogens with one attached hydrogen (secondary N) is 1. The number of hydrogen-bond acceptors (Lipinski definition) is 4. The third-order valence-electron chi connectivity index (χ3n) is 3.69. The molecule has 0 saturated carbocycles. The fourth-order valence-corrected chi connectivity index (χ4v) is 2.45. The maximum Gasteiger partial charge on any atom is 0.335 e. The fraction of sp³-hybridized carbons (Fsp3) is 0.222. The number of amides is 1. The standard InChI is InChI=1S/C18H17NO5/c20-17(16-11-23-14-6-1-2-7-15(14)24-16)19-9-8-12-4-3-5-13(10-12)18(21)22/h1-7,10,16H,8-9,11H2,(H,19,20)(H,21,22)/t16-/m0/s1. The molecule has 0 radical (unpaired) electrons. The number of carbonyl (C=O) groups is 2. The summed E-state index contributed by atoms with van der Waals surface area (Å²) in [5.74, 6) is -0.0312. The summed E-state index contributed by atoms with van der Waals surface area (Å²) >= 11 is 0. The Morgan fingerprint density at radius 2 is 1.92 bits per heavy atom. The first-order chi connectivity index (χ1) is 11.6. The van der Waals surface area contributed by atoms with Crippen LogP contribution in [0.2, 0.25) is 0 Å². The van der Waals surface area contributed by atoms with Crippen LogP contribution in [-0.2, 0) is 11.2 Å². The van der Waals surface area contributed by atoms with Gasteiger partial charge in [0.1, 0.15) is 6.61 Å². The number of hydrogen-bond donors (Lipinski definition) is 2. The molecule has 24 heavy (non-hydrogen) atoms. The van der Waals surface area contributed by atoms with Gasteiger partial charge in [-0.15, -0.1) is 0 Å². The van der Waals surface area contributed by atoms with Crippen LogP contribution in [0.15, 0.2) is 48.5 Å². The quantitative estimate of drug-likeness (QED) is 0.876. The Morgan fingerprint density at radius 1 is 1.12 bits per heavy atom. The molecule has 3 rings (SSSR count). The molecule has 124 valence electrons. The monoisotopic (exact) mass is 327 g/mol. The Kier molecular flexibility index (Phi) is 4.65. The first kappa shape index (κ1) is 15.9. The highest BCUT2D eigenvalue weighted by Gasteiger charge is 2.26. The third-order valence-corrected chi connectivity index (χ3v) is 3.69. The number of benzene rings is 2. The summed E-state index contributed by atoms with van der Waals surface area (Å²) in [5, 5.41) is 11.8. The van der Waals surface area contributed by atoms with E-state index in [-0.39, 0.29) is 18.1 Å². The van der Waals surface area contributed by atoms with E-state index in [0.717, 1.165) is 5.56 Å². The van der Waals surface area contributed by atoms with Crippen molar-refractivity contribution in [1.82, 2.24) is 5.32 Å². The Morgan fingerprint density at radius 3 is 2.71 bits per heavy atom. The molecule has 6 nitrogen and oxygen atoms in total. The zero-order valence-electron chi connectivity index (χ0n) is 12.9. The van der Waals surface area contributed by atoms with Crippen molar-refractivity contribution >= 4 is 11.9 Å². The molecule has 0 aromatic heterocycles. The normalized spacial score (nSPS) is 15.6. The SMILES string of the molecule is O=C(O)c1cccc(CCNC(=O)[C@@H]2COc3ccccc3O2)c1. The van der Waals surface area contributed by atoms with Crippen molar-refractivity contribution < 1.29 is 24.2 Å². The molecule has 0 fully saturated rings. The lowest BCUT2D eigenvalue weighted by Gasteiger charge is -2.25. The lowest BCUT2D eigenvalue weighted by atomic mass is 10.1. The van der Waals surface area contributed by atoms with Gasteiger partial charge in [-0.25, -0.2) is 4.79 Å². The number of carbonyl (C=O) groups excluding carboxylic acids is 1. The summed E-state index contributed by atoms with van der Waals surface area (Å²) in [4.78, 5) is 23.1. The molecular formula is C18H17NO5. The average Bonchev–Trinajstić information content (AvgIpc) is 2.61. The minimum absolute atomic E-state index is 0.164. The largest absolute Gasteiger partial charge is 0.485 e. The molecule has 6 heteroatoms. The van der Waals surface area contributed by atoms with Gasteiger partial charge in [0.05, 0.1) is 5.56 Å². The van der Waals surface area contributed by atoms with E-state index in [4.69, 9.17) is 14.6 Å². The van der Waals surface area contributed by atoms with Crippen molar-refractivity contribution in [2.75, 3.05) is 13.2 Å². The second kappa shape index (κ2) is 7.04. The summed E-state index contributed by atoms with van der Waals surface area (Å²) < 4.78 is 11.1. The van der Waals surface area contributed by atoms with Crippen LogP contribution in [0.5, 0.6) is 11.5 Å². The minimum atomic E-state index is -0.965. The minimum Gasteiger partial charge on any atom is -0.485 e. The highest BCUT2D eigenvalue weighted by Crippen LogP contribution is 2.30. The van der Waals surface area contributed by atoms with Gasteiger partial charge in [0.25, 0.3) is 5.91 Å². The number of aromatic carboxylic acids is 1. The summed E-state index contributed by atoms with van der Waals surface area (Å²) in [6.07, 6.45) is -0.151. The van der Waals surface area contributed by atoms with Crippen molar-refractivity contribution in [3.05, 3.63) is 59.7 Å². The molecule has 0 aliphatic carbocycles. The van der Waals surface area contributed by atoms with E-state index in [2.05, 4.69) is 5.32 Å². The Balaban J connectivity index is 1.51. The summed E-state index contributed by atoms with van der Waals surface area (Å²) in [6, 6.07) is 13.9. The van der Waals surface area contributed by atoms with Gasteiger partial charge < -0.3 is 19.9 Å². The van der Waals surface area contributed by atoms with Gasteiger partial charge in [0, 0.05) is 6.54 Å². The molecule has 0 bridgehead atoms. The molecule has 1 atom stereocenters. The van der Waals surface area contributed by atoms with E-state index in [1.807, 2.05) is 18.2 Å². The molecule has 2 aromatic carbocycles. The predicted molar refractivity (Wildman–Crippen MR) is 86.5 cm³/mol. The summed E-state index contributed by atoms with van der Waals surface area (Å²) in [6.45, 7) is 0.556. The number of carboxylic acids is 1. The van der Waals surface area contributed by atoms with Crippen molar-refractivity contribution in [3.8, 4) is 11.5 Å². The highest BCUT2D eigenvalue weighted by molar-refractivity contribution is 5.87. The summed E-state index contributed by atoms with van der Waals surface area (Å²) in [5.41, 5.74) is 1.08. The topological polar surface area (TPSA) is 84.9 Å². The van der Waals surface area contributed by atoms with Crippen LogP contribution in [-0.4, -0.2) is 36.2 Å². The lowest BCUT2D eigenvalue weighted by molar-refractivity contribution is -0.130. The van der Waals surface area contributed by atoms with E-state index < -0.39 is 12.1 Å². The van der Waals surface area contributed by atoms with Gasteiger partial charge in [-0.1, -0.05) is 24.3 Å². The number of fused-ring (bicyclic) bond motifs is 1. The van der Waals surface area contributed by atoms with Crippen LogP contribution < -0.4 is 14.8 Å². The fourth-order valence-electron chi connectivity index (χ4n) is 2.45. The number of para-hydroxylation sites is 2. The maximum absolute atomic E-state index is 12.2. The second-order valence-corrected chi connectivity index (χ2v) is 5.41. The number of carboxylic acid groups (broad SMARTS) is 1. The molecule has 1 aliphatic rings. The summed E-state index contributed by atoms with van der Waals surface area (Å²) in [7, 11) is 0. The second-order valence-electron chi connectivity index (χ2n) is 5.41. The molecule has 0 saturated heterocycles. The van der Waals surface area contributed by atoms with Crippen LogP contribution in [0.1, 0.15) is 15.9 Å². The third kappa shape index (κ3) is 3.65. The van der Waals surface area contributed by atoms with E-state index in [9.17, 15) is 9.59 Å². The van der Waals surface area contributed by atoms with E-state index >= 15 is 0 Å². The van der Waals surface area contributed by atoms with Crippen LogP contribution in [0.4, 0.5) is 0 Å². The molecule has 1 heterocycles. The molecule has 0 spiro atoms. The lowest BCUT2D eigenvalue weighted by Crippen LogP contribution is -2.44. The van der Waals surface area contributed by atoms with Gasteiger partial charge in [-0.2, -0.15) is 0 Å². The van der Waals surface area contributed by atoms with E-state index in [1.54, 1.807) is 24.3 Å². The van der Waals surface area contributed by atoms with Crippen LogP contribution >= 0.6 is 0 Å². The van der Waals surface area contributed by atoms with Crippen LogP contribution in [0.25, 0.3) is 0 Å². The zero-order valence-corrected chi connectivity index (χ0v) is 12.9. The zero-order chi connectivity index (χ0) is 16.9. The average molecular weight is 327 g/mol. The molecular weight excluding hydrogens is 310 g/mol. The Hall–Kier alpha value is -3.02. The van der Waals surface area contributed by atoms with Crippen molar-refractivity contribution in [2.45, 2.75) is 12.5 Å². The van der Waals surface area contributed by atoms with E-state index in [0.29, 0.717) is 24.5 Å². The van der Waals surface area contributed by atoms with Gasteiger partial charge in [-0.3, -0.25) is 4.79 Å². The molecule has 2 aromatic rings. The predicted octanol–water partition coefficient (Wildman–Crippen LogP) is 1.88. The Labute approximate surface area is 139 Å². The first-order valence-electron chi connectivity index (χ1n) is 7.62. The Bertz CT molecular complexity index is 759. The van der Waals surface area contributed by atoms with Crippen LogP contribution in [0.3, 0.4) is 0 Å². The molecule has 0 unspecified atom stereocenters. The molecule has 1 amide bonds. The number of rotatable bonds is 5. The number of ether oxygens (including phenoxy) is 2. The van der Waals surface area contributed by atoms with E-state index in [1.165, 1.54) is 6.07 Å². The van der Waals surface area contributed by atoms with Gasteiger partial charge >= 0.3 is 5.97 Å². The molecule has 2 N–H and O–H groups in total. The van der Waals surface area contributed by atoms with Crippen molar-refractivity contribution in [2.24, 2.45) is 0 Å². The van der Waals surface area contributed by atoms with Gasteiger partial charge in [0.2, 0.25) is 6.10 Å². The van der Waals surface area contributed by atoms with Gasteiger partial charge in [-0.05, 0) is 36.2 Å². The smallest absolute Gasteiger partial charge is 0.335 e. The first-order valence-corrected chi connectivity index (χ1v) is 7.62. The van der Waals surface area contributed by atoms with Crippen molar-refractivity contribution in [3.63, 3.8) is 0 Å². The van der Waals surface area contributed by atoms with Gasteiger partial charge in [0.15, 0.2) is 11.5 Å². The maximum atomic E-state index is 12.2. The highest BCUT2D eigenvalue weighted by atomic mass is 16.6. The molecule has 1 aliphatic heterocycles. The van der Waals surface area contributed by atoms with Crippen LogP contribution in [0, 0.1) is 0 Å². The van der Waals surface area contributed by atoms with Crippen molar-refractivity contribution in [1.29, 1.82) is 0 Å².